The van der Waals surface area contributed by atoms with Crippen LogP contribution >= 0.6 is 11.8 Å². The Balaban J connectivity index is 1.36. The van der Waals surface area contributed by atoms with Crippen molar-refractivity contribution in [3.8, 4) is 0 Å². The van der Waals surface area contributed by atoms with Gasteiger partial charge in [-0.2, -0.15) is 5.10 Å². The lowest BCUT2D eigenvalue weighted by Crippen LogP contribution is -2.08. The van der Waals surface area contributed by atoms with Gasteiger partial charge in [-0.1, -0.05) is 42.1 Å². The topological polar surface area (TPSA) is 91.6 Å². The Morgan fingerprint density at radius 1 is 1.17 bits per heavy atom. The predicted molar refractivity (Wildman–Crippen MR) is 113 cm³/mol. The summed E-state index contributed by atoms with van der Waals surface area (Å²) in [6, 6.07) is 12.3. The average molecular weight is 423 g/mol. The molecule has 0 N–H and O–H groups in total. The zero-order chi connectivity index (χ0) is 20.9. The Hall–Kier alpha value is -3.20. The van der Waals surface area contributed by atoms with E-state index >= 15 is 0 Å². The predicted octanol–water partition coefficient (Wildman–Crippen LogP) is 3.35. The monoisotopic (exact) mass is 422 g/mol. The molecular weight excluding hydrogens is 400 g/mol. The summed E-state index contributed by atoms with van der Waals surface area (Å²) in [5, 5.41) is 12.4. The molecule has 4 rings (SSSR count). The lowest BCUT2D eigenvalue weighted by Gasteiger charge is -2.10. The van der Waals surface area contributed by atoms with Crippen LogP contribution in [-0.4, -0.2) is 41.1 Å². The number of nitrogens with zero attached hydrogens (tertiary/aromatic N) is 6. The van der Waals surface area contributed by atoms with Gasteiger partial charge in [0.2, 0.25) is 5.89 Å². The summed E-state index contributed by atoms with van der Waals surface area (Å²) in [4.78, 5) is 16.7. The van der Waals surface area contributed by atoms with Crippen LogP contribution in [-0.2, 0) is 19.5 Å². The van der Waals surface area contributed by atoms with Gasteiger partial charge in [0.25, 0.3) is 5.22 Å². The molecule has 0 atom stereocenters. The van der Waals surface area contributed by atoms with Crippen LogP contribution in [0.2, 0.25) is 0 Å². The molecule has 3 heterocycles. The second-order valence-corrected chi connectivity index (χ2v) is 7.87. The van der Waals surface area contributed by atoms with Crippen LogP contribution in [0.1, 0.15) is 33.2 Å². The van der Waals surface area contributed by atoms with E-state index in [9.17, 15) is 4.79 Å². The van der Waals surface area contributed by atoms with E-state index < -0.39 is 0 Å². The maximum atomic E-state index is 12.8. The van der Waals surface area contributed by atoms with Gasteiger partial charge in [-0.05, 0) is 31.9 Å². The van der Waals surface area contributed by atoms with Crippen molar-refractivity contribution in [2.45, 2.75) is 38.6 Å². The first kappa shape index (κ1) is 20.1. The van der Waals surface area contributed by atoms with Crippen LogP contribution in [0.15, 0.2) is 58.7 Å². The molecule has 0 radical (unpaired) electrons. The average Bonchev–Trinajstić information content (AvgIpc) is 3.48. The van der Waals surface area contributed by atoms with E-state index in [2.05, 4.69) is 37.0 Å². The first-order chi connectivity index (χ1) is 14.6. The highest BCUT2D eigenvalue weighted by Gasteiger charge is 2.17. The van der Waals surface area contributed by atoms with E-state index in [1.54, 1.807) is 11.0 Å². The van der Waals surface area contributed by atoms with Crippen LogP contribution in [0, 0.1) is 13.8 Å². The molecule has 0 fully saturated rings. The van der Waals surface area contributed by atoms with Gasteiger partial charge >= 0.3 is 0 Å². The van der Waals surface area contributed by atoms with Gasteiger partial charge in [0.1, 0.15) is 19.2 Å². The fourth-order valence-electron chi connectivity index (χ4n) is 3.33. The Morgan fingerprint density at radius 3 is 2.77 bits per heavy atom. The largest absolute Gasteiger partial charge is 0.414 e. The number of aromatic nitrogens is 6. The summed E-state index contributed by atoms with van der Waals surface area (Å²) in [5.74, 6) is 0.720. The number of Topliss-reactive ketones (excluding diaryl/α,β-unsaturated/α-hetero) is 1. The SMILES string of the molecule is Cc1cc(C(=O)CSc2nnc(Cn3cncn3)o2)c(C)n1CCc1ccccc1. The minimum Gasteiger partial charge on any atom is -0.414 e. The van der Waals surface area contributed by atoms with Gasteiger partial charge in [-0.3, -0.25) is 4.79 Å². The first-order valence-electron chi connectivity index (χ1n) is 9.61. The van der Waals surface area contributed by atoms with Gasteiger partial charge in [-0.15, -0.1) is 10.2 Å². The maximum absolute atomic E-state index is 12.8. The number of aryl methyl sites for hydroxylation is 2. The van der Waals surface area contributed by atoms with E-state index in [1.807, 2.05) is 38.1 Å². The molecule has 0 aliphatic carbocycles. The normalized spacial score (nSPS) is 11.1. The van der Waals surface area contributed by atoms with Gasteiger partial charge in [0.05, 0.1) is 5.75 Å². The summed E-state index contributed by atoms with van der Waals surface area (Å²) in [7, 11) is 0. The van der Waals surface area contributed by atoms with E-state index in [-0.39, 0.29) is 11.5 Å². The van der Waals surface area contributed by atoms with Crippen molar-refractivity contribution in [1.82, 2.24) is 29.5 Å². The molecule has 0 saturated heterocycles. The van der Waals surface area contributed by atoms with E-state index in [1.165, 1.54) is 23.7 Å². The lowest BCUT2D eigenvalue weighted by atomic mass is 10.1. The molecule has 1 aromatic carbocycles. The quantitative estimate of drug-likeness (QED) is 0.302. The van der Waals surface area contributed by atoms with Crippen LogP contribution < -0.4 is 0 Å². The van der Waals surface area contributed by atoms with Crippen molar-refractivity contribution in [3.63, 3.8) is 0 Å². The molecular formula is C21H22N6O2S. The summed E-state index contributed by atoms with van der Waals surface area (Å²) in [6.07, 6.45) is 3.95. The number of carbonyl (C=O) groups is 1. The van der Waals surface area contributed by atoms with Gasteiger partial charge in [-0.25, -0.2) is 9.67 Å². The number of carbonyl (C=O) groups excluding carboxylic acids is 1. The van der Waals surface area contributed by atoms with Crippen molar-refractivity contribution in [3.05, 3.63) is 77.5 Å². The molecule has 0 unspecified atom stereocenters. The van der Waals surface area contributed by atoms with Crippen molar-refractivity contribution >= 4 is 17.5 Å². The summed E-state index contributed by atoms with van der Waals surface area (Å²) >= 11 is 1.25. The van der Waals surface area contributed by atoms with Crippen LogP contribution in [0.3, 0.4) is 0 Å². The smallest absolute Gasteiger partial charge is 0.277 e. The fourth-order valence-corrected chi connectivity index (χ4v) is 4.00. The van der Waals surface area contributed by atoms with Crippen LogP contribution in [0.4, 0.5) is 0 Å². The third-order valence-electron chi connectivity index (χ3n) is 4.88. The number of rotatable bonds is 9. The molecule has 0 amide bonds. The standard InChI is InChI=1S/C21H22N6O2S/c1-15-10-18(16(2)27(15)9-8-17-6-4-3-5-7-17)19(28)12-30-21-25-24-20(29-21)11-26-14-22-13-23-26/h3-7,10,13-14H,8-9,11-12H2,1-2H3. The molecule has 0 spiro atoms. The highest BCUT2D eigenvalue weighted by Crippen LogP contribution is 2.22. The highest BCUT2D eigenvalue weighted by molar-refractivity contribution is 7.99. The van der Waals surface area contributed by atoms with Crippen molar-refractivity contribution in [1.29, 1.82) is 0 Å². The maximum Gasteiger partial charge on any atom is 0.277 e. The zero-order valence-electron chi connectivity index (χ0n) is 16.9. The van der Waals surface area contributed by atoms with Gasteiger partial charge < -0.3 is 8.98 Å². The highest BCUT2D eigenvalue weighted by atomic mass is 32.2. The number of ketones is 1. The molecule has 3 aromatic heterocycles. The van der Waals surface area contributed by atoms with Gasteiger partial charge in [0.15, 0.2) is 5.78 Å². The van der Waals surface area contributed by atoms with Crippen molar-refractivity contribution in [2.75, 3.05) is 5.75 Å². The molecule has 4 aromatic rings. The second kappa shape index (κ2) is 9.08. The summed E-state index contributed by atoms with van der Waals surface area (Å²) < 4.78 is 9.38. The van der Waals surface area contributed by atoms with Crippen LogP contribution in [0.25, 0.3) is 0 Å². The Bertz CT molecular complexity index is 1120. The molecule has 30 heavy (non-hydrogen) atoms. The van der Waals surface area contributed by atoms with Crippen molar-refractivity contribution < 1.29 is 9.21 Å². The third kappa shape index (κ3) is 4.68. The second-order valence-electron chi connectivity index (χ2n) is 6.94. The number of hydrogen-bond donors (Lipinski definition) is 0. The van der Waals surface area contributed by atoms with Crippen LogP contribution in [0.5, 0.6) is 0 Å². The van der Waals surface area contributed by atoms with E-state index in [0.29, 0.717) is 17.7 Å². The van der Waals surface area contributed by atoms with E-state index in [0.717, 1.165) is 29.9 Å². The molecule has 0 aliphatic heterocycles. The molecule has 0 bridgehead atoms. The molecule has 9 heteroatoms. The lowest BCUT2D eigenvalue weighted by molar-refractivity contribution is 0.102. The molecule has 8 nitrogen and oxygen atoms in total. The number of thioether (sulfide) groups is 1. The minimum absolute atomic E-state index is 0.0510. The number of benzene rings is 1. The minimum atomic E-state index is 0.0510. The zero-order valence-corrected chi connectivity index (χ0v) is 17.7. The van der Waals surface area contributed by atoms with Gasteiger partial charge in [0, 0.05) is 23.5 Å². The molecule has 0 saturated carbocycles. The fraction of sp³-hybridized carbons (Fsp3) is 0.286. The molecule has 0 aliphatic rings. The Kier molecular flexibility index (Phi) is 6.08. The van der Waals surface area contributed by atoms with E-state index in [4.69, 9.17) is 4.42 Å². The van der Waals surface area contributed by atoms with Crippen molar-refractivity contribution in [2.24, 2.45) is 0 Å². The molecule has 154 valence electrons. The Morgan fingerprint density at radius 2 is 2.00 bits per heavy atom. The third-order valence-corrected chi connectivity index (χ3v) is 5.70. The first-order valence-corrected chi connectivity index (χ1v) is 10.6. The summed E-state index contributed by atoms with van der Waals surface area (Å²) in [6.45, 7) is 5.23. The number of hydrogen-bond acceptors (Lipinski definition) is 7. The Labute approximate surface area is 178 Å². The summed E-state index contributed by atoms with van der Waals surface area (Å²) in [5.41, 5.74) is 4.11.